The molecule has 2 atom stereocenters. The highest BCUT2D eigenvalue weighted by atomic mass is 16.6. The van der Waals surface area contributed by atoms with Gasteiger partial charge in [0.1, 0.15) is 11.1 Å². The van der Waals surface area contributed by atoms with E-state index in [4.69, 9.17) is 4.74 Å². The molecule has 2 fully saturated rings. The minimum Gasteiger partial charge on any atom is -0.444 e. The number of alkyl carbamates (subject to hydrolysis) is 1. The number of carbonyl (C=O) groups is 2. The summed E-state index contributed by atoms with van der Waals surface area (Å²) in [5, 5.41) is 2.78. The third kappa shape index (κ3) is 2.06. The van der Waals surface area contributed by atoms with Crippen LogP contribution in [0.1, 0.15) is 46.5 Å². The van der Waals surface area contributed by atoms with Gasteiger partial charge in [0.25, 0.3) is 0 Å². The van der Waals surface area contributed by atoms with Crippen molar-refractivity contribution in [3.05, 3.63) is 0 Å². The Morgan fingerprint density at radius 1 is 1.50 bits per heavy atom. The summed E-state index contributed by atoms with van der Waals surface area (Å²) >= 11 is 0. The largest absolute Gasteiger partial charge is 0.444 e. The lowest BCUT2D eigenvalue weighted by Gasteiger charge is -2.28. The Hall–Kier alpha value is -1.06. The number of carbonyl (C=O) groups excluding carboxylic acids is 2. The monoisotopic (exact) mass is 225 g/mol. The maximum absolute atomic E-state index is 11.8. The van der Waals surface area contributed by atoms with E-state index in [0.717, 1.165) is 19.3 Å². The van der Waals surface area contributed by atoms with E-state index in [1.165, 1.54) is 0 Å². The van der Waals surface area contributed by atoms with Crippen molar-refractivity contribution >= 4 is 11.9 Å². The molecule has 2 unspecified atom stereocenters. The molecule has 4 heteroatoms. The van der Waals surface area contributed by atoms with E-state index >= 15 is 0 Å². The van der Waals surface area contributed by atoms with Crippen molar-refractivity contribution in [2.75, 3.05) is 0 Å². The maximum atomic E-state index is 11.8. The molecule has 0 aromatic heterocycles. The van der Waals surface area contributed by atoms with Crippen LogP contribution in [0.5, 0.6) is 0 Å². The molecule has 16 heavy (non-hydrogen) atoms. The number of fused-ring (bicyclic) bond motifs is 2. The lowest BCUT2D eigenvalue weighted by Crippen LogP contribution is -2.52. The Morgan fingerprint density at radius 3 is 2.62 bits per heavy atom. The standard InChI is InChI=1S/C12H19NO3/c1-11(2,3)16-10(15)13-12-5-4-8(7-12)6-9(12)14/h8H,4-7H2,1-3H3,(H,13,15). The van der Waals surface area contributed by atoms with E-state index in [1.54, 1.807) is 0 Å². The number of ketones is 1. The molecule has 4 nitrogen and oxygen atoms in total. The Bertz CT molecular complexity index is 332. The Balaban J connectivity index is 1.99. The molecule has 2 aliphatic rings. The van der Waals surface area contributed by atoms with Crippen LogP contribution in [0.4, 0.5) is 4.79 Å². The van der Waals surface area contributed by atoms with E-state index in [2.05, 4.69) is 5.32 Å². The van der Waals surface area contributed by atoms with Gasteiger partial charge < -0.3 is 10.1 Å². The molecule has 1 amide bonds. The SMILES string of the molecule is CC(C)(C)OC(=O)NC12CCC(CC1=O)C2. The summed E-state index contributed by atoms with van der Waals surface area (Å²) in [7, 11) is 0. The average Bonchev–Trinajstić information content (AvgIpc) is 2.56. The highest BCUT2D eigenvalue weighted by molar-refractivity contribution is 5.94. The molecule has 90 valence electrons. The molecular weight excluding hydrogens is 206 g/mol. The summed E-state index contributed by atoms with van der Waals surface area (Å²) in [5.41, 5.74) is -1.12. The second kappa shape index (κ2) is 3.47. The highest BCUT2D eigenvalue weighted by Crippen LogP contribution is 2.45. The molecule has 2 bridgehead atoms. The Kier molecular flexibility index (Phi) is 2.48. The first-order valence-corrected chi connectivity index (χ1v) is 5.85. The van der Waals surface area contributed by atoms with Gasteiger partial charge in [0.2, 0.25) is 0 Å². The zero-order valence-electron chi connectivity index (χ0n) is 10.1. The first kappa shape index (κ1) is 11.4. The minimum absolute atomic E-state index is 0.176. The fourth-order valence-electron chi connectivity index (χ4n) is 2.71. The van der Waals surface area contributed by atoms with E-state index in [0.29, 0.717) is 12.3 Å². The number of amides is 1. The fourth-order valence-corrected chi connectivity index (χ4v) is 2.71. The topological polar surface area (TPSA) is 55.4 Å². The lowest BCUT2D eigenvalue weighted by molar-refractivity contribution is -0.124. The first-order valence-electron chi connectivity index (χ1n) is 5.85. The number of hydrogen-bond acceptors (Lipinski definition) is 3. The number of ether oxygens (including phenoxy) is 1. The van der Waals surface area contributed by atoms with Crippen LogP contribution in [0, 0.1) is 5.92 Å². The third-order valence-corrected chi connectivity index (χ3v) is 3.36. The summed E-state index contributed by atoms with van der Waals surface area (Å²) < 4.78 is 5.19. The molecular formula is C12H19NO3. The molecule has 2 saturated carbocycles. The molecule has 0 aromatic carbocycles. The Labute approximate surface area is 95.7 Å². The van der Waals surface area contributed by atoms with Crippen LogP contribution >= 0.6 is 0 Å². The van der Waals surface area contributed by atoms with E-state index in [-0.39, 0.29) is 5.78 Å². The van der Waals surface area contributed by atoms with Gasteiger partial charge in [0, 0.05) is 6.42 Å². The zero-order valence-corrected chi connectivity index (χ0v) is 10.1. The summed E-state index contributed by atoms with van der Waals surface area (Å²) in [5.74, 6) is 0.650. The summed E-state index contributed by atoms with van der Waals surface area (Å²) in [4.78, 5) is 23.4. The summed E-state index contributed by atoms with van der Waals surface area (Å²) in [6.07, 6.45) is 2.77. The zero-order chi connectivity index (χ0) is 12.0. The number of rotatable bonds is 1. The molecule has 2 rings (SSSR count). The molecule has 0 spiro atoms. The lowest BCUT2D eigenvalue weighted by atomic mass is 9.92. The van der Waals surface area contributed by atoms with Gasteiger partial charge >= 0.3 is 6.09 Å². The summed E-state index contributed by atoms with van der Waals surface area (Å²) in [6.45, 7) is 5.45. The molecule has 0 radical (unpaired) electrons. The van der Waals surface area contributed by atoms with Crippen molar-refractivity contribution < 1.29 is 14.3 Å². The van der Waals surface area contributed by atoms with Crippen LogP contribution in [0.25, 0.3) is 0 Å². The number of Topliss-reactive ketones (excluding diaryl/α,β-unsaturated/α-hetero) is 1. The van der Waals surface area contributed by atoms with Gasteiger partial charge in [-0.1, -0.05) is 0 Å². The van der Waals surface area contributed by atoms with Gasteiger partial charge in [-0.25, -0.2) is 4.79 Å². The van der Waals surface area contributed by atoms with Crippen LogP contribution in [-0.2, 0) is 9.53 Å². The molecule has 1 N–H and O–H groups in total. The van der Waals surface area contributed by atoms with Crippen LogP contribution in [0.2, 0.25) is 0 Å². The van der Waals surface area contributed by atoms with Crippen LogP contribution < -0.4 is 5.32 Å². The van der Waals surface area contributed by atoms with Crippen molar-refractivity contribution in [2.24, 2.45) is 5.92 Å². The highest BCUT2D eigenvalue weighted by Gasteiger charge is 2.52. The van der Waals surface area contributed by atoms with Gasteiger partial charge in [0.15, 0.2) is 5.78 Å². The Morgan fingerprint density at radius 2 is 2.19 bits per heavy atom. The predicted molar refractivity (Wildman–Crippen MR) is 59.1 cm³/mol. The minimum atomic E-state index is -0.604. The number of nitrogens with one attached hydrogen (secondary N) is 1. The third-order valence-electron chi connectivity index (χ3n) is 3.36. The van der Waals surface area contributed by atoms with E-state index in [9.17, 15) is 9.59 Å². The smallest absolute Gasteiger partial charge is 0.408 e. The van der Waals surface area contributed by atoms with Crippen molar-refractivity contribution in [1.29, 1.82) is 0 Å². The van der Waals surface area contributed by atoms with Crippen molar-refractivity contribution in [3.63, 3.8) is 0 Å². The second-order valence-electron chi connectivity index (χ2n) is 5.95. The van der Waals surface area contributed by atoms with Gasteiger partial charge in [-0.3, -0.25) is 4.79 Å². The van der Waals surface area contributed by atoms with Crippen LogP contribution in [0.15, 0.2) is 0 Å². The maximum Gasteiger partial charge on any atom is 0.408 e. The van der Waals surface area contributed by atoms with Gasteiger partial charge in [0.05, 0.1) is 0 Å². The molecule has 0 saturated heterocycles. The fraction of sp³-hybridized carbons (Fsp3) is 0.833. The van der Waals surface area contributed by atoms with Crippen LogP contribution in [-0.4, -0.2) is 23.0 Å². The van der Waals surface area contributed by atoms with Gasteiger partial charge in [-0.15, -0.1) is 0 Å². The normalized spacial score (nSPS) is 32.9. The quantitative estimate of drug-likeness (QED) is 0.742. The number of hydrogen-bond donors (Lipinski definition) is 1. The average molecular weight is 225 g/mol. The van der Waals surface area contributed by atoms with E-state index < -0.39 is 17.2 Å². The molecule has 0 aromatic rings. The first-order chi connectivity index (χ1) is 7.31. The second-order valence-corrected chi connectivity index (χ2v) is 5.95. The summed E-state index contributed by atoms with van der Waals surface area (Å²) in [6, 6.07) is 0. The van der Waals surface area contributed by atoms with Gasteiger partial charge in [-0.2, -0.15) is 0 Å². The van der Waals surface area contributed by atoms with Crippen molar-refractivity contribution in [2.45, 2.75) is 57.6 Å². The molecule has 2 aliphatic carbocycles. The van der Waals surface area contributed by atoms with Crippen molar-refractivity contribution in [1.82, 2.24) is 5.32 Å². The molecule has 0 aliphatic heterocycles. The van der Waals surface area contributed by atoms with Gasteiger partial charge in [-0.05, 0) is 46.0 Å². The molecule has 0 heterocycles. The predicted octanol–water partition coefficient (Wildman–Crippen LogP) is 2.02. The van der Waals surface area contributed by atoms with Crippen molar-refractivity contribution in [3.8, 4) is 0 Å². The van der Waals surface area contributed by atoms with Crippen LogP contribution in [0.3, 0.4) is 0 Å². The van der Waals surface area contributed by atoms with E-state index in [1.807, 2.05) is 20.8 Å².